The van der Waals surface area contributed by atoms with Gasteiger partial charge < -0.3 is 5.32 Å². The number of hydrogen-bond donors (Lipinski definition) is 1. The van der Waals surface area contributed by atoms with Gasteiger partial charge in [0, 0.05) is 28.9 Å². The molecule has 6 heteroatoms. The first kappa shape index (κ1) is 18.8. The van der Waals surface area contributed by atoms with Crippen LogP contribution in [0.2, 0.25) is 0 Å². The maximum absolute atomic E-state index is 12.4. The van der Waals surface area contributed by atoms with Crippen molar-refractivity contribution in [1.82, 2.24) is 19.6 Å². The zero-order valence-electron chi connectivity index (χ0n) is 17.0. The number of amides is 1. The van der Waals surface area contributed by atoms with Gasteiger partial charge in [-0.25, -0.2) is 14.5 Å². The van der Waals surface area contributed by atoms with Crippen LogP contribution >= 0.6 is 0 Å². The molecule has 29 heavy (non-hydrogen) atoms. The fraction of sp³-hybridized carbons (Fsp3) is 0.217. The molecule has 0 atom stereocenters. The third-order valence-corrected chi connectivity index (χ3v) is 4.64. The lowest BCUT2D eigenvalue weighted by molar-refractivity contribution is -0.123. The smallest absolute Gasteiger partial charge is 0.230 e. The minimum atomic E-state index is -0.505. The molecule has 1 aromatic carbocycles. The molecule has 6 nitrogen and oxygen atoms in total. The minimum absolute atomic E-state index is 0.0858. The molecule has 0 aliphatic carbocycles. The van der Waals surface area contributed by atoms with E-state index < -0.39 is 5.41 Å². The zero-order valence-corrected chi connectivity index (χ0v) is 17.0. The fourth-order valence-electron chi connectivity index (χ4n) is 3.09. The SMILES string of the molecule is Cc1cccc(-c2nc3cccnn3c2-c2ccnc(NC(=O)C(C)(C)C)c2)c1. The van der Waals surface area contributed by atoms with Gasteiger partial charge >= 0.3 is 0 Å². The van der Waals surface area contributed by atoms with Crippen molar-refractivity contribution in [3.8, 4) is 22.5 Å². The summed E-state index contributed by atoms with van der Waals surface area (Å²) >= 11 is 0. The third-order valence-electron chi connectivity index (χ3n) is 4.64. The van der Waals surface area contributed by atoms with E-state index in [0.717, 1.165) is 33.7 Å². The monoisotopic (exact) mass is 385 g/mol. The van der Waals surface area contributed by atoms with Gasteiger partial charge in [-0.05, 0) is 37.3 Å². The molecule has 0 aliphatic heterocycles. The van der Waals surface area contributed by atoms with E-state index in [2.05, 4.69) is 34.5 Å². The van der Waals surface area contributed by atoms with E-state index in [9.17, 15) is 4.79 Å². The molecule has 0 radical (unpaired) electrons. The number of hydrogen-bond acceptors (Lipinski definition) is 4. The van der Waals surface area contributed by atoms with Crippen LogP contribution in [-0.4, -0.2) is 25.5 Å². The number of benzene rings is 1. The number of anilines is 1. The third kappa shape index (κ3) is 3.74. The lowest BCUT2D eigenvalue weighted by Gasteiger charge is -2.17. The van der Waals surface area contributed by atoms with Gasteiger partial charge in [-0.1, -0.05) is 44.5 Å². The van der Waals surface area contributed by atoms with Crippen molar-refractivity contribution >= 4 is 17.4 Å². The van der Waals surface area contributed by atoms with E-state index in [1.54, 1.807) is 12.4 Å². The van der Waals surface area contributed by atoms with Crippen molar-refractivity contribution in [1.29, 1.82) is 0 Å². The Bertz CT molecular complexity index is 1200. The molecular weight excluding hydrogens is 362 g/mol. The van der Waals surface area contributed by atoms with Crippen LogP contribution in [0.4, 0.5) is 5.82 Å². The molecule has 0 unspecified atom stereocenters. The Morgan fingerprint density at radius 3 is 2.59 bits per heavy atom. The maximum Gasteiger partial charge on any atom is 0.230 e. The molecule has 4 rings (SSSR count). The van der Waals surface area contributed by atoms with Gasteiger partial charge in [-0.15, -0.1) is 0 Å². The van der Waals surface area contributed by atoms with Crippen molar-refractivity contribution in [3.63, 3.8) is 0 Å². The normalized spacial score (nSPS) is 11.6. The van der Waals surface area contributed by atoms with Gasteiger partial charge in [0.2, 0.25) is 5.91 Å². The average Bonchev–Trinajstić information content (AvgIpc) is 3.07. The van der Waals surface area contributed by atoms with Crippen LogP contribution in [0.1, 0.15) is 26.3 Å². The Morgan fingerprint density at radius 2 is 1.83 bits per heavy atom. The molecular formula is C23H23N5O. The fourth-order valence-corrected chi connectivity index (χ4v) is 3.09. The number of carbonyl (C=O) groups excluding carboxylic acids is 1. The Balaban J connectivity index is 1.87. The number of aryl methyl sites for hydroxylation is 1. The second-order valence-corrected chi connectivity index (χ2v) is 8.11. The van der Waals surface area contributed by atoms with Crippen LogP contribution in [0.3, 0.4) is 0 Å². The van der Waals surface area contributed by atoms with Crippen molar-refractivity contribution in [2.75, 3.05) is 5.32 Å². The topological polar surface area (TPSA) is 72.2 Å². The van der Waals surface area contributed by atoms with E-state index in [1.165, 1.54) is 0 Å². The minimum Gasteiger partial charge on any atom is -0.310 e. The van der Waals surface area contributed by atoms with E-state index in [4.69, 9.17) is 4.98 Å². The summed E-state index contributed by atoms with van der Waals surface area (Å²) in [6.07, 6.45) is 3.43. The van der Waals surface area contributed by atoms with Gasteiger partial charge in [-0.2, -0.15) is 5.10 Å². The summed E-state index contributed by atoms with van der Waals surface area (Å²) in [5, 5.41) is 7.40. The Hall–Kier alpha value is -3.54. The highest BCUT2D eigenvalue weighted by Gasteiger charge is 2.22. The molecule has 1 amide bonds. The number of imidazole rings is 1. The standard InChI is InChI=1S/C23H23N5O/c1-15-7-5-8-16(13-15)20-21(28-19(27-20)9-6-11-25-28)17-10-12-24-18(14-17)26-22(29)23(2,3)4/h5-14H,1-4H3,(H,24,26,29). The van der Waals surface area contributed by atoms with Crippen LogP contribution in [0.5, 0.6) is 0 Å². The number of rotatable bonds is 3. The number of carbonyl (C=O) groups is 1. The number of pyridine rings is 1. The second-order valence-electron chi connectivity index (χ2n) is 8.11. The van der Waals surface area contributed by atoms with Gasteiger partial charge in [0.25, 0.3) is 0 Å². The second kappa shape index (κ2) is 7.13. The Kier molecular flexibility index (Phi) is 4.62. The van der Waals surface area contributed by atoms with E-state index >= 15 is 0 Å². The van der Waals surface area contributed by atoms with Gasteiger partial charge in [-0.3, -0.25) is 4.79 Å². The predicted molar refractivity (Wildman–Crippen MR) is 114 cm³/mol. The van der Waals surface area contributed by atoms with Crippen LogP contribution in [-0.2, 0) is 4.79 Å². The largest absolute Gasteiger partial charge is 0.310 e. The average molecular weight is 385 g/mol. The summed E-state index contributed by atoms with van der Waals surface area (Å²) in [6.45, 7) is 7.67. The van der Waals surface area contributed by atoms with E-state index in [-0.39, 0.29) is 5.91 Å². The molecule has 0 saturated carbocycles. The number of fused-ring (bicyclic) bond motifs is 1. The quantitative estimate of drug-likeness (QED) is 0.552. The first-order chi connectivity index (χ1) is 13.8. The lowest BCUT2D eigenvalue weighted by atomic mass is 9.96. The predicted octanol–water partition coefficient (Wildman–Crippen LogP) is 4.75. The molecule has 0 saturated heterocycles. The van der Waals surface area contributed by atoms with Crippen molar-refractivity contribution < 1.29 is 4.79 Å². The number of nitrogens with one attached hydrogen (secondary N) is 1. The molecule has 1 N–H and O–H groups in total. The number of aromatic nitrogens is 4. The summed E-state index contributed by atoms with van der Waals surface area (Å²) in [5.41, 5.74) is 5.01. The molecule has 3 aromatic heterocycles. The van der Waals surface area contributed by atoms with Crippen molar-refractivity contribution in [2.45, 2.75) is 27.7 Å². The van der Waals surface area contributed by atoms with Crippen molar-refractivity contribution in [2.24, 2.45) is 5.41 Å². The molecule has 0 bridgehead atoms. The summed E-state index contributed by atoms with van der Waals surface area (Å²) < 4.78 is 1.82. The molecule has 3 heterocycles. The lowest BCUT2D eigenvalue weighted by Crippen LogP contribution is -2.28. The van der Waals surface area contributed by atoms with Gasteiger partial charge in [0.15, 0.2) is 5.65 Å². The molecule has 4 aromatic rings. The molecule has 0 aliphatic rings. The molecule has 0 fully saturated rings. The van der Waals surface area contributed by atoms with Gasteiger partial charge in [0.1, 0.15) is 11.5 Å². The maximum atomic E-state index is 12.4. The highest BCUT2D eigenvalue weighted by atomic mass is 16.2. The van der Waals surface area contributed by atoms with Crippen LogP contribution < -0.4 is 5.32 Å². The summed E-state index contributed by atoms with van der Waals surface area (Å²) in [6, 6.07) is 15.8. The van der Waals surface area contributed by atoms with Gasteiger partial charge in [0.05, 0.1) is 5.69 Å². The highest BCUT2D eigenvalue weighted by molar-refractivity contribution is 5.94. The van der Waals surface area contributed by atoms with E-state index in [1.807, 2.05) is 61.7 Å². The summed E-state index contributed by atoms with van der Waals surface area (Å²) in [4.78, 5) is 21.5. The molecule has 146 valence electrons. The number of nitrogens with zero attached hydrogens (tertiary/aromatic N) is 4. The first-order valence-electron chi connectivity index (χ1n) is 9.51. The first-order valence-corrected chi connectivity index (χ1v) is 9.51. The van der Waals surface area contributed by atoms with Crippen LogP contribution in [0, 0.1) is 12.3 Å². The summed E-state index contributed by atoms with van der Waals surface area (Å²) in [5.74, 6) is 0.417. The van der Waals surface area contributed by atoms with Crippen molar-refractivity contribution in [3.05, 3.63) is 66.5 Å². The summed E-state index contributed by atoms with van der Waals surface area (Å²) in [7, 11) is 0. The van der Waals surface area contributed by atoms with Crippen LogP contribution in [0.15, 0.2) is 60.9 Å². The Labute approximate surface area is 169 Å². The van der Waals surface area contributed by atoms with E-state index in [0.29, 0.717) is 5.82 Å². The highest BCUT2D eigenvalue weighted by Crippen LogP contribution is 2.33. The van der Waals surface area contributed by atoms with Crippen LogP contribution in [0.25, 0.3) is 28.2 Å². The zero-order chi connectivity index (χ0) is 20.6. The molecule has 0 spiro atoms. The Morgan fingerprint density at radius 1 is 1.00 bits per heavy atom.